The summed E-state index contributed by atoms with van der Waals surface area (Å²) >= 11 is 4.89. The van der Waals surface area contributed by atoms with Crippen LogP contribution in [-0.4, -0.2) is 22.4 Å². The van der Waals surface area contributed by atoms with Gasteiger partial charge in [-0.1, -0.05) is 25.9 Å². The molecule has 0 aliphatic carbocycles. The molecule has 2 N–H and O–H groups in total. The van der Waals surface area contributed by atoms with Crippen LogP contribution in [0.15, 0.2) is 4.42 Å². The Morgan fingerprint density at radius 1 is 1.36 bits per heavy atom. The van der Waals surface area contributed by atoms with Crippen molar-refractivity contribution in [3.63, 3.8) is 0 Å². The summed E-state index contributed by atoms with van der Waals surface area (Å²) in [6.07, 6.45) is 0. The first-order chi connectivity index (χ1) is 6.43. The Morgan fingerprint density at radius 3 is 2.43 bits per heavy atom. The van der Waals surface area contributed by atoms with E-state index in [1.54, 1.807) is 7.05 Å². The zero-order chi connectivity index (χ0) is 10.8. The molecule has 0 atom stereocenters. The Balaban J connectivity index is 2.74. The van der Waals surface area contributed by atoms with Crippen molar-refractivity contribution in [3.8, 4) is 0 Å². The molecule has 0 saturated heterocycles. The van der Waals surface area contributed by atoms with Crippen LogP contribution >= 0.6 is 12.2 Å². The molecule has 1 aromatic heterocycles. The summed E-state index contributed by atoms with van der Waals surface area (Å²) in [5.74, 6) is 0.582. The highest BCUT2D eigenvalue weighted by atomic mass is 32.1. The first kappa shape index (κ1) is 10.9. The van der Waals surface area contributed by atoms with Gasteiger partial charge in [0.1, 0.15) is 0 Å². The minimum atomic E-state index is -0.145. The molecule has 0 saturated carbocycles. The van der Waals surface area contributed by atoms with Crippen LogP contribution in [0.5, 0.6) is 0 Å². The third kappa shape index (κ3) is 2.66. The largest absolute Gasteiger partial charge is 0.407 e. The quantitative estimate of drug-likeness (QED) is 0.687. The zero-order valence-corrected chi connectivity index (χ0v) is 9.53. The summed E-state index contributed by atoms with van der Waals surface area (Å²) in [5, 5.41) is 13.7. The van der Waals surface area contributed by atoms with Crippen molar-refractivity contribution in [2.75, 3.05) is 12.4 Å². The molecule has 0 radical (unpaired) electrons. The lowest BCUT2D eigenvalue weighted by Gasteiger charge is -2.10. The van der Waals surface area contributed by atoms with Gasteiger partial charge in [0, 0.05) is 12.5 Å². The van der Waals surface area contributed by atoms with E-state index < -0.39 is 0 Å². The number of anilines is 1. The van der Waals surface area contributed by atoms with E-state index in [2.05, 4.69) is 20.8 Å². The normalized spacial score (nSPS) is 11.1. The molecule has 5 nitrogen and oxygen atoms in total. The predicted molar refractivity (Wildman–Crippen MR) is 58.3 cm³/mol. The van der Waals surface area contributed by atoms with E-state index in [4.69, 9.17) is 16.6 Å². The maximum absolute atomic E-state index is 5.36. The van der Waals surface area contributed by atoms with E-state index in [9.17, 15) is 0 Å². The maximum Gasteiger partial charge on any atom is 0.321 e. The Morgan fingerprint density at radius 2 is 2.00 bits per heavy atom. The highest BCUT2D eigenvalue weighted by Gasteiger charge is 2.21. The lowest BCUT2D eigenvalue weighted by Crippen LogP contribution is -2.24. The SMILES string of the molecule is CNC(=S)Nc1nnc(C(C)(C)C)o1. The number of thiocarbonyl (C=S) groups is 1. The van der Waals surface area contributed by atoms with Gasteiger partial charge in [-0.05, 0) is 12.2 Å². The highest BCUT2D eigenvalue weighted by Crippen LogP contribution is 2.21. The summed E-state index contributed by atoms with van der Waals surface area (Å²) in [6, 6.07) is 0.314. The molecule has 0 unspecified atom stereocenters. The second-order valence-corrected chi connectivity index (χ2v) is 4.27. The van der Waals surface area contributed by atoms with E-state index in [-0.39, 0.29) is 5.41 Å². The molecule has 1 rings (SSSR count). The molecule has 0 bridgehead atoms. The monoisotopic (exact) mass is 214 g/mol. The molecule has 14 heavy (non-hydrogen) atoms. The Hall–Kier alpha value is -1.17. The van der Waals surface area contributed by atoms with Crippen molar-refractivity contribution < 1.29 is 4.42 Å². The lowest BCUT2D eigenvalue weighted by atomic mass is 9.97. The molecule has 1 aromatic rings. The molecule has 0 fully saturated rings. The van der Waals surface area contributed by atoms with Crippen molar-refractivity contribution in [2.24, 2.45) is 0 Å². The van der Waals surface area contributed by atoms with Crippen LogP contribution in [0.3, 0.4) is 0 Å². The van der Waals surface area contributed by atoms with Crippen LogP contribution in [0.2, 0.25) is 0 Å². The summed E-state index contributed by atoms with van der Waals surface area (Å²) in [4.78, 5) is 0. The molecular weight excluding hydrogens is 200 g/mol. The Labute approximate surface area is 88.3 Å². The van der Waals surface area contributed by atoms with Gasteiger partial charge < -0.3 is 9.73 Å². The molecule has 78 valence electrons. The predicted octanol–water partition coefficient (Wildman–Crippen LogP) is 1.28. The topological polar surface area (TPSA) is 63.0 Å². The van der Waals surface area contributed by atoms with Crippen molar-refractivity contribution in [1.29, 1.82) is 0 Å². The smallest absolute Gasteiger partial charge is 0.321 e. The third-order valence-electron chi connectivity index (χ3n) is 1.51. The fourth-order valence-electron chi connectivity index (χ4n) is 0.736. The van der Waals surface area contributed by atoms with Crippen LogP contribution in [0.1, 0.15) is 26.7 Å². The molecule has 0 spiro atoms. The fourth-order valence-corrected chi connectivity index (χ4v) is 0.824. The number of hydrogen-bond acceptors (Lipinski definition) is 4. The van der Waals surface area contributed by atoms with E-state index in [0.717, 1.165) is 0 Å². The van der Waals surface area contributed by atoms with Gasteiger partial charge in [-0.3, -0.25) is 5.32 Å². The van der Waals surface area contributed by atoms with Gasteiger partial charge in [0.25, 0.3) is 0 Å². The maximum atomic E-state index is 5.36. The van der Waals surface area contributed by atoms with Crippen LogP contribution in [-0.2, 0) is 5.41 Å². The molecule has 1 heterocycles. The average Bonchev–Trinajstić information content (AvgIpc) is 2.51. The summed E-state index contributed by atoms with van der Waals surface area (Å²) in [7, 11) is 1.72. The first-order valence-electron chi connectivity index (χ1n) is 4.26. The highest BCUT2D eigenvalue weighted by molar-refractivity contribution is 7.80. The van der Waals surface area contributed by atoms with Crippen LogP contribution in [0, 0.1) is 0 Å². The summed E-state index contributed by atoms with van der Waals surface area (Å²) in [5.41, 5.74) is -0.145. The van der Waals surface area contributed by atoms with Crippen molar-refractivity contribution >= 4 is 23.3 Å². The van der Waals surface area contributed by atoms with Gasteiger partial charge in [0.05, 0.1) is 0 Å². The van der Waals surface area contributed by atoms with E-state index in [1.807, 2.05) is 20.8 Å². The Kier molecular flexibility index (Phi) is 3.05. The third-order valence-corrected chi connectivity index (χ3v) is 1.82. The first-order valence-corrected chi connectivity index (χ1v) is 4.67. The number of nitrogens with zero attached hydrogens (tertiary/aromatic N) is 2. The van der Waals surface area contributed by atoms with Crippen molar-refractivity contribution in [2.45, 2.75) is 26.2 Å². The molecule has 6 heteroatoms. The number of rotatable bonds is 1. The fraction of sp³-hybridized carbons (Fsp3) is 0.625. The standard InChI is InChI=1S/C8H14N4OS/c1-8(2,3)5-11-12-6(13-5)10-7(14)9-4/h1-4H3,(H2,9,10,12,14). The minimum absolute atomic E-state index is 0.145. The lowest BCUT2D eigenvalue weighted by molar-refractivity contribution is 0.401. The van der Waals surface area contributed by atoms with Crippen LogP contribution in [0.25, 0.3) is 0 Å². The van der Waals surface area contributed by atoms with Crippen LogP contribution in [0.4, 0.5) is 6.01 Å². The molecular formula is C8H14N4OS. The second kappa shape index (κ2) is 3.91. The summed E-state index contributed by atoms with van der Waals surface area (Å²) in [6.45, 7) is 6.00. The van der Waals surface area contributed by atoms with Crippen LogP contribution < -0.4 is 10.6 Å². The van der Waals surface area contributed by atoms with Gasteiger partial charge >= 0.3 is 6.01 Å². The Bertz CT molecular complexity index is 328. The van der Waals surface area contributed by atoms with Gasteiger partial charge in [-0.2, -0.15) is 0 Å². The molecule has 0 amide bonds. The van der Waals surface area contributed by atoms with E-state index >= 15 is 0 Å². The second-order valence-electron chi connectivity index (χ2n) is 3.87. The van der Waals surface area contributed by atoms with Gasteiger partial charge in [-0.25, -0.2) is 0 Å². The van der Waals surface area contributed by atoms with Crippen molar-refractivity contribution in [1.82, 2.24) is 15.5 Å². The summed E-state index contributed by atoms with van der Waals surface area (Å²) < 4.78 is 5.36. The van der Waals surface area contributed by atoms with Crippen molar-refractivity contribution in [3.05, 3.63) is 5.89 Å². The number of aromatic nitrogens is 2. The molecule has 0 aliphatic rings. The van der Waals surface area contributed by atoms with E-state index in [0.29, 0.717) is 17.0 Å². The van der Waals surface area contributed by atoms with Gasteiger partial charge in [0.15, 0.2) is 5.11 Å². The number of nitrogens with one attached hydrogen (secondary N) is 2. The van der Waals surface area contributed by atoms with Gasteiger partial charge in [-0.15, -0.1) is 5.10 Å². The van der Waals surface area contributed by atoms with E-state index in [1.165, 1.54) is 0 Å². The average molecular weight is 214 g/mol. The minimum Gasteiger partial charge on any atom is -0.407 e. The number of hydrogen-bond donors (Lipinski definition) is 2. The van der Waals surface area contributed by atoms with Gasteiger partial charge in [0.2, 0.25) is 5.89 Å². The molecule has 0 aromatic carbocycles. The zero-order valence-electron chi connectivity index (χ0n) is 8.71. The molecule has 0 aliphatic heterocycles.